The van der Waals surface area contributed by atoms with Crippen LogP contribution < -0.4 is 0 Å². The first-order valence-electron chi connectivity index (χ1n) is 10.1. The molecule has 1 fully saturated rings. The molecule has 28 heavy (non-hydrogen) atoms. The lowest BCUT2D eigenvalue weighted by atomic mass is 9.89. The minimum Gasteiger partial charge on any atom is -0.304 e. The van der Waals surface area contributed by atoms with Gasteiger partial charge < -0.3 is 4.90 Å². The van der Waals surface area contributed by atoms with Gasteiger partial charge in [-0.2, -0.15) is 22.1 Å². The Morgan fingerprint density at radius 2 is 1.79 bits per heavy atom. The third-order valence-electron chi connectivity index (χ3n) is 5.99. The molecule has 1 aromatic carbocycles. The number of hydrogen-bond donors (Lipinski definition) is 1. The Labute approximate surface area is 167 Å². The summed E-state index contributed by atoms with van der Waals surface area (Å²) in [5, 5.41) is 7.79. The molecule has 2 aliphatic rings. The maximum atomic E-state index is 13.2. The smallest absolute Gasteiger partial charge is 0.282 e. The van der Waals surface area contributed by atoms with Crippen LogP contribution in [-0.4, -0.2) is 71.9 Å². The summed E-state index contributed by atoms with van der Waals surface area (Å²) in [5.41, 5.74) is 4.34. The van der Waals surface area contributed by atoms with Crippen molar-refractivity contribution in [2.75, 3.05) is 39.8 Å². The van der Waals surface area contributed by atoms with E-state index in [0.29, 0.717) is 32.6 Å². The highest BCUT2D eigenvalue weighted by atomic mass is 32.2. The lowest BCUT2D eigenvalue weighted by molar-refractivity contribution is 0.209. The lowest BCUT2D eigenvalue weighted by Gasteiger charge is -2.36. The molecule has 0 radical (unpaired) electrons. The molecule has 1 unspecified atom stereocenters. The molecule has 1 aromatic heterocycles. The van der Waals surface area contributed by atoms with E-state index >= 15 is 0 Å². The van der Waals surface area contributed by atoms with Crippen LogP contribution in [0.4, 0.5) is 0 Å². The summed E-state index contributed by atoms with van der Waals surface area (Å²) >= 11 is 0. The van der Waals surface area contributed by atoms with Crippen molar-refractivity contribution in [3.05, 3.63) is 52.8 Å². The Balaban J connectivity index is 1.59. The van der Waals surface area contributed by atoms with Gasteiger partial charge in [0.1, 0.15) is 0 Å². The quantitative estimate of drug-likeness (QED) is 0.826. The van der Waals surface area contributed by atoms with Gasteiger partial charge in [0.2, 0.25) is 0 Å². The Bertz CT molecular complexity index is 904. The van der Waals surface area contributed by atoms with Crippen LogP contribution in [0.5, 0.6) is 0 Å². The minimum absolute atomic E-state index is 0.174. The highest BCUT2D eigenvalue weighted by Crippen LogP contribution is 2.33. The van der Waals surface area contributed by atoms with Crippen LogP contribution in [0.3, 0.4) is 0 Å². The van der Waals surface area contributed by atoms with E-state index in [1.54, 1.807) is 8.61 Å². The number of H-pyrrole nitrogens is 1. The van der Waals surface area contributed by atoms with Crippen LogP contribution in [0.1, 0.15) is 41.8 Å². The zero-order valence-corrected chi connectivity index (χ0v) is 17.5. The largest absolute Gasteiger partial charge is 0.304 e. The predicted octanol–water partition coefficient (Wildman–Crippen LogP) is 1.80. The Hall–Kier alpha value is -1.74. The number of likely N-dealkylation sites (N-methyl/N-ethyl adjacent to an activating group) is 1. The summed E-state index contributed by atoms with van der Waals surface area (Å²) in [6.07, 6.45) is 1.60. The molecular weight excluding hydrogens is 374 g/mol. The predicted molar refractivity (Wildman–Crippen MR) is 109 cm³/mol. The van der Waals surface area contributed by atoms with Crippen molar-refractivity contribution in [1.29, 1.82) is 0 Å². The molecule has 0 spiro atoms. The third-order valence-corrected chi connectivity index (χ3v) is 7.97. The average Bonchev–Trinajstić information content (AvgIpc) is 3.13. The molecule has 0 bridgehead atoms. The van der Waals surface area contributed by atoms with Crippen molar-refractivity contribution in [2.45, 2.75) is 32.2 Å². The van der Waals surface area contributed by atoms with Crippen LogP contribution in [-0.2, 0) is 23.2 Å². The minimum atomic E-state index is -3.44. The van der Waals surface area contributed by atoms with Gasteiger partial charge >= 0.3 is 0 Å². The van der Waals surface area contributed by atoms with Gasteiger partial charge in [-0.3, -0.25) is 5.10 Å². The number of hydrogen-bond acceptors (Lipinski definition) is 4. The fraction of sp³-hybridized carbons (Fsp3) is 0.550. The number of piperazine rings is 1. The number of rotatable bonds is 5. The fourth-order valence-electron chi connectivity index (χ4n) is 4.23. The second-order valence-corrected chi connectivity index (χ2v) is 9.66. The highest BCUT2D eigenvalue weighted by molar-refractivity contribution is 7.86. The Kier molecular flexibility index (Phi) is 5.55. The molecule has 1 N–H and O–H groups in total. The van der Waals surface area contributed by atoms with Gasteiger partial charge in [0.05, 0.1) is 5.69 Å². The molecule has 152 valence electrons. The van der Waals surface area contributed by atoms with E-state index < -0.39 is 10.2 Å². The van der Waals surface area contributed by atoms with Crippen LogP contribution >= 0.6 is 0 Å². The summed E-state index contributed by atoms with van der Waals surface area (Å²) < 4.78 is 29.7. The van der Waals surface area contributed by atoms with E-state index in [1.165, 1.54) is 5.56 Å². The van der Waals surface area contributed by atoms with E-state index in [9.17, 15) is 8.42 Å². The molecule has 3 heterocycles. The molecule has 1 atom stereocenters. The lowest BCUT2D eigenvalue weighted by Crippen LogP contribution is -2.52. The number of benzene rings is 1. The molecule has 1 saturated heterocycles. The number of aromatic amines is 1. The summed E-state index contributed by atoms with van der Waals surface area (Å²) in [5.74, 6) is 0.174. The van der Waals surface area contributed by atoms with E-state index in [-0.39, 0.29) is 5.92 Å². The van der Waals surface area contributed by atoms with Crippen LogP contribution in [0.2, 0.25) is 0 Å². The first-order valence-corrected chi connectivity index (χ1v) is 11.4. The molecule has 7 nitrogen and oxygen atoms in total. The van der Waals surface area contributed by atoms with Crippen LogP contribution in [0, 0.1) is 0 Å². The number of aromatic nitrogens is 2. The zero-order valence-electron chi connectivity index (χ0n) is 16.6. The number of fused-ring (bicyclic) bond motifs is 1. The maximum absolute atomic E-state index is 13.2. The second-order valence-electron chi connectivity index (χ2n) is 7.73. The fourth-order valence-corrected chi connectivity index (χ4v) is 5.80. The molecule has 0 saturated carbocycles. The monoisotopic (exact) mass is 403 g/mol. The van der Waals surface area contributed by atoms with Crippen molar-refractivity contribution in [3.63, 3.8) is 0 Å². The standard InChI is InChI=1S/C20H29N5O2S/c1-3-17(16-7-5-4-6-8-16)20-18-15-25(10-9-19(18)21-22-20)28(26,27)24-13-11-23(2)12-14-24/h4-8,17H,3,9-15H2,1-2H3,(H,21,22). The van der Waals surface area contributed by atoms with Gasteiger partial charge in [-0.15, -0.1) is 0 Å². The Morgan fingerprint density at radius 1 is 1.07 bits per heavy atom. The molecular formula is C20H29N5O2S. The van der Waals surface area contributed by atoms with Gasteiger partial charge in [-0.1, -0.05) is 37.3 Å². The van der Waals surface area contributed by atoms with E-state index in [0.717, 1.165) is 36.5 Å². The number of nitrogens with one attached hydrogen (secondary N) is 1. The van der Waals surface area contributed by atoms with Crippen LogP contribution in [0.15, 0.2) is 30.3 Å². The molecule has 2 aromatic rings. The topological polar surface area (TPSA) is 72.5 Å². The van der Waals surface area contributed by atoms with Gasteiger partial charge in [0, 0.05) is 62.9 Å². The Morgan fingerprint density at radius 3 is 2.46 bits per heavy atom. The van der Waals surface area contributed by atoms with E-state index in [4.69, 9.17) is 0 Å². The van der Waals surface area contributed by atoms with Gasteiger partial charge in [0.15, 0.2) is 0 Å². The summed E-state index contributed by atoms with van der Waals surface area (Å²) in [4.78, 5) is 2.17. The van der Waals surface area contributed by atoms with Crippen molar-refractivity contribution < 1.29 is 8.42 Å². The average molecular weight is 404 g/mol. The van der Waals surface area contributed by atoms with E-state index in [2.05, 4.69) is 34.2 Å². The summed E-state index contributed by atoms with van der Waals surface area (Å²) in [6, 6.07) is 10.3. The van der Waals surface area contributed by atoms with Gasteiger partial charge in [0.25, 0.3) is 10.2 Å². The van der Waals surface area contributed by atoms with Crippen molar-refractivity contribution >= 4 is 10.2 Å². The highest BCUT2D eigenvalue weighted by Gasteiger charge is 2.36. The molecule has 2 aliphatic heterocycles. The molecule has 4 rings (SSSR count). The van der Waals surface area contributed by atoms with Crippen molar-refractivity contribution in [1.82, 2.24) is 23.7 Å². The normalized spacial score (nSPS) is 20.8. The van der Waals surface area contributed by atoms with Crippen molar-refractivity contribution in [2.24, 2.45) is 0 Å². The van der Waals surface area contributed by atoms with E-state index in [1.807, 2.05) is 25.2 Å². The molecule has 8 heteroatoms. The first kappa shape index (κ1) is 19.6. The number of nitrogens with zero attached hydrogens (tertiary/aromatic N) is 4. The van der Waals surface area contributed by atoms with Gasteiger partial charge in [-0.05, 0) is 19.0 Å². The first-order chi connectivity index (χ1) is 13.5. The van der Waals surface area contributed by atoms with Crippen molar-refractivity contribution in [3.8, 4) is 0 Å². The third kappa shape index (κ3) is 3.61. The molecule has 0 aliphatic carbocycles. The maximum Gasteiger partial charge on any atom is 0.282 e. The van der Waals surface area contributed by atoms with Gasteiger partial charge in [-0.25, -0.2) is 0 Å². The van der Waals surface area contributed by atoms with Crippen LogP contribution in [0.25, 0.3) is 0 Å². The zero-order chi connectivity index (χ0) is 19.7. The summed E-state index contributed by atoms with van der Waals surface area (Å²) in [6.45, 7) is 5.73. The summed E-state index contributed by atoms with van der Waals surface area (Å²) in [7, 11) is -1.41. The second kappa shape index (κ2) is 7.94. The SMILES string of the molecule is CCC(c1ccccc1)c1n[nH]c2c1CN(S(=O)(=O)N1CCN(C)CC1)CC2. The molecule has 0 amide bonds.